The summed E-state index contributed by atoms with van der Waals surface area (Å²) in [6, 6.07) is 7.58. The molecule has 0 fully saturated rings. The molecule has 1 atom stereocenters. The molecule has 120 valence electrons. The number of amides is 1. The van der Waals surface area contributed by atoms with Gasteiger partial charge < -0.3 is 15.2 Å². The van der Waals surface area contributed by atoms with E-state index in [1.54, 1.807) is 0 Å². The summed E-state index contributed by atoms with van der Waals surface area (Å²) in [5.41, 5.74) is 0.966. The fraction of sp³-hybridized carbons (Fsp3) is 0.312. The van der Waals surface area contributed by atoms with E-state index in [0.29, 0.717) is 31.0 Å². The number of rotatable bonds is 5. The molecule has 2 N–H and O–H groups in total. The molecule has 23 heavy (non-hydrogen) atoms. The fourth-order valence-electron chi connectivity index (χ4n) is 2.55. The molecular formula is C16H16N2O4S. The van der Waals surface area contributed by atoms with Gasteiger partial charge in [0.2, 0.25) is 5.91 Å². The molecule has 2 heterocycles. The minimum Gasteiger partial charge on any atom is -0.493 e. The van der Waals surface area contributed by atoms with Crippen molar-refractivity contribution in [3.05, 3.63) is 45.9 Å². The molecule has 6 nitrogen and oxygen atoms in total. The molecule has 0 aliphatic carbocycles. The number of benzene rings is 1. The number of nitrogens with zero attached hydrogens (tertiary/aromatic N) is 1. The quantitative estimate of drug-likeness (QED) is 0.875. The van der Waals surface area contributed by atoms with Crippen molar-refractivity contribution in [1.82, 2.24) is 10.3 Å². The summed E-state index contributed by atoms with van der Waals surface area (Å²) in [6.45, 7) is 0.967. The van der Waals surface area contributed by atoms with E-state index in [2.05, 4.69) is 10.3 Å². The number of carbonyl (C=O) groups excluding carboxylic acids is 1. The van der Waals surface area contributed by atoms with E-state index in [1.807, 2.05) is 24.3 Å². The van der Waals surface area contributed by atoms with E-state index in [9.17, 15) is 9.59 Å². The predicted octanol–water partition coefficient (Wildman–Crippen LogP) is 2.07. The van der Waals surface area contributed by atoms with Crippen molar-refractivity contribution in [2.45, 2.75) is 18.8 Å². The van der Waals surface area contributed by atoms with E-state index < -0.39 is 5.97 Å². The maximum absolute atomic E-state index is 12.4. The molecule has 0 spiro atoms. The number of aromatic carboxylic acids is 1. The molecule has 1 amide bonds. The molecule has 0 radical (unpaired) electrons. The number of para-hydroxylation sites is 1. The van der Waals surface area contributed by atoms with Crippen molar-refractivity contribution in [3.63, 3.8) is 0 Å². The highest BCUT2D eigenvalue weighted by atomic mass is 32.1. The van der Waals surface area contributed by atoms with Crippen LogP contribution in [0.15, 0.2) is 29.6 Å². The largest absolute Gasteiger partial charge is 0.493 e. The van der Waals surface area contributed by atoms with Gasteiger partial charge in [-0.3, -0.25) is 4.79 Å². The number of nitrogens with one attached hydrogen (secondary N) is 1. The van der Waals surface area contributed by atoms with Crippen LogP contribution in [-0.4, -0.2) is 35.1 Å². The van der Waals surface area contributed by atoms with Crippen LogP contribution in [0.5, 0.6) is 5.75 Å². The van der Waals surface area contributed by atoms with E-state index >= 15 is 0 Å². The van der Waals surface area contributed by atoms with Crippen LogP contribution >= 0.6 is 11.3 Å². The van der Waals surface area contributed by atoms with E-state index in [1.165, 1.54) is 16.7 Å². The van der Waals surface area contributed by atoms with Gasteiger partial charge in [-0.05, 0) is 12.5 Å². The second-order valence-electron chi connectivity index (χ2n) is 5.20. The third-order valence-corrected chi connectivity index (χ3v) is 4.59. The lowest BCUT2D eigenvalue weighted by molar-refractivity contribution is -0.123. The van der Waals surface area contributed by atoms with Crippen LogP contribution in [0.4, 0.5) is 0 Å². The summed E-state index contributed by atoms with van der Waals surface area (Å²) in [6.07, 6.45) is 1.18. The van der Waals surface area contributed by atoms with Crippen molar-refractivity contribution >= 4 is 23.2 Å². The monoisotopic (exact) mass is 332 g/mol. The van der Waals surface area contributed by atoms with Crippen LogP contribution in [0.3, 0.4) is 0 Å². The van der Waals surface area contributed by atoms with Gasteiger partial charge in [0.25, 0.3) is 0 Å². The maximum Gasteiger partial charge on any atom is 0.355 e. The topological polar surface area (TPSA) is 88.5 Å². The first-order chi connectivity index (χ1) is 11.1. The minimum absolute atomic E-state index is 0.0317. The standard InChI is InChI=1S/C16H16N2O4S/c19-15(11-6-8-22-13-4-2-1-3-10(11)13)17-7-5-14-18-12(9-23-14)16(20)21/h1-4,9,11H,5-8H2,(H,17,19)(H,20,21)/t11-/m0/s1. The molecular weight excluding hydrogens is 316 g/mol. The number of thiazole rings is 1. The molecule has 0 saturated heterocycles. The number of carboxylic acid groups (broad SMARTS) is 1. The summed E-state index contributed by atoms with van der Waals surface area (Å²) in [7, 11) is 0. The van der Waals surface area contributed by atoms with Gasteiger partial charge in [-0.25, -0.2) is 9.78 Å². The SMILES string of the molecule is O=C(O)c1csc(CCNC(=O)[C@H]2CCOc3ccccc32)n1. The van der Waals surface area contributed by atoms with Crippen molar-refractivity contribution in [3.8, 4) is 5.75 Å². The highest BCUT2D eigenvalue weighted by molar-refractivity contribution is 7.09. The Hall–Kier alpha value is -2.41. The van der Waals surface area contributed by atoms with Crippen molar-refractivity contribution in [1.29, 1.82) is 0 Å². The summed E-state index contributed by atoms with van der Waals surface area (Å²) in [4.78, 5) is 27.2. The minimum atomic E-state index is -1.03. The molecule has 0 saturated carbocycles. The molecule has 0 bridgehead atoms. The molecule has 0 unspecified atom stereocenters. The van der Waals surface area contributed by atoms with Crippen LogP contribution in [0.25, 0.3) is 0 Å². The second-order valence-corrected chi connectivity index (χ2v) is 6.14. The molecule has 2 aromatic rings. The van der Waals surface area contributed by atoms with Gasteiger partial charge in [0.05, 0.1) is 17.5 Å². The Morgan fingerprint density at radius 2 is 2.22 bits per heavy atom. The van der Waals surface area contributed by atoms with Crippen LogP contribution in [-0.2, 0) is 11.2 Å². The third-order valence-electron chi connectivity index (χ3n) is 3.68. The third kappa shape index (κ3) is 3.50. The maximum atomic E-state index is 12.4. The van der Waals surface area contributed by atoms with Gasteiger partial charge in [-0.15, -0.1) is 11.3 Å². The number of fused-ring (bicyclic) bond motifs is 1. The van der Waals surface area contributed by atoms with Crippen molar-refractivity contribution < 1.29 is 19.4 Å². The number of aromatic nitrogens is 1. The van der Waals surface area contributed by atoms with Gasteiger partial charge in [0.1, 0.15) is 5.75 Å². The van der Waals surface area contributed by atoms with Crippen LogP contribution in [0.2, 0.25) is 0 Å². The first-order valence-electron chi connectivity index (χ1n) is 7.32. The lowest BCUT2D eigenvalue weighted by atomic mass is 9.92. The lowest BCUT2D eigenvalue weighted by Crippen LogP contribution is -2.33. The van der Waals surface area contributed by atoms with E-state index in [-0.39, 0.29) is 17.5 Å². The number of carbonyl (C=O) groups is 2. The van der Waals surface area contributed by atoms with Gasteiger partial charge in [0.15, 0.2) is 5.69 Å². The van der Waals surface area contributed by atoms with Crippen molar-refractivity contribution in [2.75, 3.05) is 13.2 Å². The average Bonchev–Trinajstić information content (AvgIpc) is 3.03. The molecule has 1 aliphatic heterocycles. The number of carboxylic acids is 1. The van der Waals surface area contributed by atoms with E-state index in [4.69, 9.17) is 9.84 Å². The zero-order chi connectivity index (χ0) is 16.2. The molecule has 7 heteroatoms. The highest BCUT2D eigenvalue weighted by Gasteiger charge is 2.27. The Bertz CT molecular complexity index is 728. The number of ether oxygens (including phenoxy) is 1. The van der Waals surface area contributed by atoms with Gasteiger partial charge in [0, 0.05) is 23.9 Å². The summed E-state index contributed by atoms with van der Waals surface area (Å²) < 4.78 is 5.56. The lowest BCUT2D eigenvalue weighted by Gasteiger charge is -2.25. The Balaban J connectivity index is 1.57. The average molecular weight is 332 g/mol. The van der Waals surface area contributed by atoms with Crippen LogP contribution in [0.1, 0.15) is 33.4 Å². The summed E-state index contributed by atoms with van der Waals surface area (Å²) >= 11 is 1.29. The molecule has 1 aromatic heterocycles. The normalized spacial score (nSPS) is 16.3. The predicted molar refractivity (Wildman–Crippen MR) is 85.1 cm³/mol. The Labute approximate surface area is 137 Å². The Morgan fingerprint density at radius 1 is 1.39 bits per heavy atom. The van der Waals surface area contributed by atoms with Crippen LogP contribution in [0, 0.1) is 0 Å². The summed E-state index contributed by atoms with van der Waals surface area (Å²) in [5, 5.41) is 14.0. The molecule has 1 aromatic carbocycles. The Kier molecular flexibility index (Phi) is 4.57. The second kappa shape index (κ2) is 6.78. The Morgan fingerprint density at radius 3 is 3.00 bits per heavy atom. The number of hydrogen-bond donors (Lipinski definition) is 2. The zero-order valence-corrected chi connectivity index (χ0v) is 13.1. The first-order valence-corrected chi connectivity index (χ1v) is 8.20. The van der Waals surface area contributed by atoms with Crippen molar-refractivity contribution in [2.24, 2.45) is 0 Å². The highest BCUT2D eigenvalue weighted by Crippen LogP contribution is 2.33. The van der Waals surface area contributed by atoms with Gasteiger partial charge in [-0.2, -0.15) is 0 Å². The smallest absolute Gasteiger partial charge is 0.355 e. The molecule has 1 aliphatic rings. The number of hydrogen-bond acceptors (Lipinski definition) is 5. The van der Waals surface area contributed by atoms with Gasteiger partial charge >= 0.3 is 5.97 Å². The first kappa shape index (κ1) is 15.5. The van der Waals surface area contributed by atoms with E-state index in [0.717, 1.165) is 11.3 Å². The van der Waals surface area contributed by atoms with Crippen LogP contribution < -0.4 is 10.1 Å². The fourth-order valence-corrected chi connectivity index (χ4v) is 3.33. The summed E-state index contributed by atoms with van der Waals surface area (Å²) in [5.74, 6) is -0.498. The zero-order valence-electron chi connectivity index (χ0n) is 12.3. The molecule has 3 rings (SSSR count). The van der Waals surface area contributed by atoms with Gasteiger partial charge in [-0.1, -0.05) is 18.2 Å².